The van der Waals surface area contributed by atoms with E-state index in [1.54, 1.807) is 16.1 Å². The lowest BCUT2D eigenvalue weighted by molar-refractivity contribution is -0.143. The van der Waals surface area contributed by atoms with E-state index < -0.39 is 0 Å². The Hall–Kier alpha value is -2.80. The molecule has 0 aliphatic heterocycles. The second-order valence-corrected chi connectivity index (χ2v) is 8.27. The number of imidazole rings is 1. The lowest BCUT2D eigenvalue weighted by atomic mass is 10.1. The van der Waals surface area contributed by atoms with Gasteiger partial charge in [-0.15, -0.1) is 0 Å². The maximum absolute atomic E-state index is 13.4. The molecular weight excluding hydrogens is 446 g/mol. The van der Waals surface area contributed by atoms with E-state index in [2.05, 4.69) is 45.8 Å². The van der Waals surface area contributed by atoms with Gasteiger partial charge in [-0.1, -0.05) is 18.2 Å². The van der Waals surface area contributed by atoms with Crippen LogP contribution in [-0.4, -0.2) is 26.3 Å². The molecule has 6 nitrogen and oxygen atoms in total. The van der Waals surface area contributed by atoms with Crippen molar-refractivity contribution in [1.82, 2.24) is 13.7 Å². The van der Waals surface area contributed by atoms with Crippen molar-refractivity contribution in [3.8, 4) is 0 Å². The zero-order chi connectivity index (χ0) is 21.4. The van der Waals surface area contributed by atoms with Crippen molar-refractivity contribution < 1.29 is 9.53 Å². The van der Waals surface area contributed by atoms with E-state index in [0.29, 0.717) is 13.2 Å². The number of esters is 1. The molecule has 4 aromatic rings. The van der Waals surface area contributed by atoms with Crippen LogP contribution in [-0.2, 0) is 29.7 Å². The highest BCUT2D eigenvalue weighted by atomic mass is 79.9. The summed E-state index contributed by atoms with van der Waals surface area (Å²) < 4.78 is 11.4. The van der Waals surface area contributed by atoms with Crippen molar-refractivity contribution in [1.29, 1.82) is 0 Å². The van der Waals surface area contributed by atoms with Gasteiger partial charge in [0, 0.05) is 35.2 Å². The van der Waals surface area contributed by atoms with Gasteiger partial charge in [0.1, 0.15) is 0 Å². The number of benzene rings is 2. The lowest BCUT2D eigenvalue weighted by Crippen LogP contribution is -2.26. The van der Waals surface area contributed by atoms with Crippen LogP contribution in [0, 0.1) is 6.92 Å². The topological polar surface area (TPSA) is 58.2 Å². The molecule has 2 heterocycles. The fourth-order valence-electron chi connectivity index (χ4n) is 4.15. The van der Waals surface area contributed by atoms with Gasteiger partial charge in [0.2, 0.25) is 0 Å². The highest BCUT2D eigenvalue weighted by Crippen LogP contribution is 2.28. The van der Waals surface area contributed by atoms with E-state index >= 15 is 0 Å². The predicted molar refractivity (Wildman–Crippen MR) is 122 cm³/mol. The monoisotopic (exact) mass is 469 g/mol. The van der Waals surface area contributed by atoms with Gasteiger partial charge >= 0.3 is 11.7 Å². The molecule has 0 radical (unpaired) electrons. The summed E-state index contributed by atoms with van der Waals surface area (Å²) in [6.45, 7) is 4.94. The maximum Gasteiger partial charge on any atom is 0.329 e. The number of nitrogens with zero attached hydrogens (tertiary/aromatic N) is 3. The van der Waals surface area contributed by atoms with Gasteiger partial charge in [-0.3, -0.25) is 13.9 Å². The van der Waals surface area contributed by atoms with Crippen LogP contribution in [0.1, 0.15) is 24.5 Å². The van der Waals surface area contributed by atoms with E-state index in [1.807, 2.05) is 31.3 Å². The summed E-state index contributed by atoms with van der Waals surface area (Å²) in [4.78, 5) is 25.3. The molecule has 0 N–H and O–H groups in total. The van der Waals surface area contributed by atoms with E-state index in [0.717, 1.165) is 26.6 Å². The summed E-state index contributed by atoms with van der Waals surface area (Å²) >= 11 is 3.58. The Labute approximate surface area is 182 Å². The smallest absolute Gasteiger partial charge is 0.329 e. The Morgan fingerprint density at radius 3 is 2.60 bits per heavy atom. The van der Waals surface area contributed by atoms with Crippen molar-refractivity contribution in [2.24, 2.45) is 7.05 Å². The van der Waals surface area contributed by atoms with E-state index in [-0.39, 0.29) is 24.6 Å². The van der Waals surface area contributed by atoms with Gasteiger partial charge in [-0.25, -0.2) is 4.79 Å². The Morgan fingerprint density at radius 1 is 1.10 bits per heavy atom. The minimum Gasteiger partial charge on any atom is -0.466 e. The molecule has 0 atom stereocenters. The van der Waals surface area contributed by atoms with E-state index in [4.69, 9.17) is 4.74 Å². The minimum atomic E-state index is -0.304. The van der Waals surface area contributed by atoms with Crippen LogP contribution in [0.4, 0.5) is 0 Å². The summed E-state index contributed by atoms with van der Waals surface area (Å²) in [5, 5.41) is 1.18. The maximum atomic E-state index is 13.4. The predicted octanol–water partition coefficient (Wildman–Crippen LogP) is 4.37. The molecular formula is C23H24BrN3O3. The summed E-state index contributed by atoms with van der Waals surface area (Å²) in [7, 11) is 2.02. The zero-order valence-corrected chi connectivity index (χ0v) is 18.9. The Morgan fingerprint density at radius 2 is 1.83 bits per heavy atom. The quantitative estimate of drug-likeness (QED) is 0.394. The van der Waals surface area contributed by atoms with Crippen molar-refractivity contribution in [2.45, 2.75) is 33.4 Å². The molecule has 0 aliphatic carbocycles. The van der Waals surface area contributed by atoms with Crippen LogP contribution >= 0.6 is 15.9 Å². The summed E-state index contributed by atoms with van der Waals surface area (Å²) in [6, 6.07) is 12.0. The van der Waals surface area contributed by atoms with Gasteiger partial charge in [-0.05, 0) is 59.1 Å². The number of rotatable bonds is 6. The molecule has 0 unspecified atom stereocenters. The molecule has 0 amide bonds. The van der Waals surface area contributed by atoms with Crippen LogP contribution in [0.5, 0.6) is 0 Å². The zero-order valence-electron chi connectivity index (χ0n) is 17.3. The van der Waals surface area contributed by atoms with Crippen molar-refractivity contribution in [3.05, 3.63) is 68.7 Å². The fourth-order valence-corrected chi connectivity index (χ4v) is 4.72. The number of ether oxygens (including phenoxy) is 1. The van der Waals surface area contributed by atoms with E-state index in [9.17, 15) is 9.59 Å². The molecule has 2 aromatic carbocycles. The first-order chi connectivity index (χ1) is 14.4. The van der Waals surface area contributed by atoms with Crippen LogP contribution in [0.15, 0.2) is 51.9 Å². The van der Waals surface area contributed by atoms with Gasteiger partial charge in [-0.2, -0.15) is 0 Å². The summed E-state index contributed by atoms with van der Waals surface area (Å²) in [5.74, 6) is -0.304. The number of aromatic nitrogens is 3. The molecule has 0 spiro atoms. The molecule has 7 heteroatoms. The largest absolute Gasteiger partial charge is 0.466 e. The Kier molecular flexibility index (Phi) is 5.56. The first-order valence-electron chi connectivity index (χ1n) is 9.99. The third-order valence-corrected chi connectivity index (χ3v) is 6.10. The summed E-state index contributed by atoms with van der Waals surface area (Å²) in [5.41, 5.74) is 4.92. The average Bonchev–Trinajstić information content (AvgIpc) is 3.17. The van der Waals surface area contributed by atoms with Gasteiger partial charge in [0.15, 0.2) is 0 Å². The number of aryl methyl sites for hydroxylation is 3. The average molecular weight is 470 g/mol. The molecule has 0 fully saturated rings. The number of para-hydroxylation sites is 1. The third-order valence-electron chi connectivity index (χ3n) is 5.46. The SMILES string of the molecule is CCOC(=O)CCn1c(=O)n(Cc2cn(C)c3cccc(C)c23)c2cccc(Br)c21. The number of halogens is 1. The van der Waals surface area contributed by atoms with Gasteiger partial charge in [0.25, 0.3) is 0 Å². The number of carbonyl (C=O) groups excluding carboxylic acids is 1. The molecule has 0 aliphatic rings. The number of hydrogen-bond donors (Lipinski definition) is 0. The van der Waals surface area contributed by atoms with Crippen molar-refractivity contribution >= 4 is 43.8 Å². The molecule has 156 valence electrons. The second kappa shape index (κ2) is 8.14. The first-order valence-corrected chi connectivity index (χ1v) is 10.8. The number of carbonyl (C=O) groups is 1. The van der Waals surface area contributed by atoms with Crippen LogP contribution < -0.4 is 5.69 Å². The Balaban J connectivity index is 1.83. The normalized spacial score (nSPS) is 11.5. The number of hydrogen-bond acceptors (Lipinski definition) is 3. The highest BCUT2D eigenvalue weighted by Gasteiger charge is 2.18. The van der Waals surface area contributed by atoms with Gasteiger partial charge in [0.05, 0.1) is 30.6 Å². The minimum absolute atomic E-state index is 0.133. The second-order valence-electron chi connectivity index (χ2n) is 7.42. The van der Waals surface area contributed by atoms with Crippen LogP contribution in [0.3, 0.4) is 0 Å². The molecule has 2 aromatic heterocycles. The lowest BCUT2D eigenvalue weighted by Gasteiger charge is -2.04. The van der Waals surface area contributed by atoms with Crippen LogP contribution in [0.25, 0.3) is 21.9 Å². The standard InChI is InChI=1S/C23H24BrN3O3/c1-4-30-20(28)11-12-26-22-17(24)8-6-10-19(22)27(23(26)29)14-16-13-25(3)18-9-5-7-15(2)21(16)18/h5-10,13H,4,11-12,14H2,1-3H3. The number of fused-ring (bicyclic) bond motifs is 2. The Bertz CT molecular complexity index is 1310. The van der Waals surface area contributed by atoms with Crippen molar-refractivity contribution in [3.63, 3.8) is 0 Å². The summed E-state index contributed by atoms with van der Waals surface area (Å²) in [6.07, 6.45) is 2.24. The molecule has 0 saturated carbocycles. The van der Waals surface area contributed by atoms with Crippen LogP contribution in [0.2, 0.25) is 0 Å². The molecule has 30 heavy (non-hydrogen) atoms. The first kappa shape index (κ1) is 20.5. The molecule has 4 rings (SSSR count). The fraction of sp³-hybridized carbons (Fsp3) is 0.304. The van der Waals surface area contributed by atoms with Gasteiger partial charge < -0.3 is 9.30 Å². The molecule has 0 saturated heterocycles. The van der Waals surface area contributed by atoms with Crippen molar-refractivity contribution in [2.75, 3.05) is 6.61 Å². The third kappa shape index (κ3) is 3.47. The highest BCUT2D eigenvalue weighted by molar-refractivity contribution is 9.10. The molecule has 0 bridgehead atoms. The van der Waals surface area contributed by atoms with E-state index in [1.165, 1.54) is 10.9 Å².